The molecular weight excluding hydrogens is 306 g/mol. The van der Waals surface area contributed by atoms with Crippen LogP contribution in [0.1, 0.15) is 30.4 Å². The molecule has 0 bridgehead atoms. The summed E-state index contributed by atoms with van der Waals surface area (Å²) in [7, 11) is 0. The van der Waals surface area contributed by atoms with E-state index < -0.39 is 11.5 Å². The van der Waals surface area contributed by atoms with Gasteiger partial charge in [-0.15, -0.1) is 0 Å². The van der Waals surface area contributed by atoms with E-state index in [1.165, 1.54) is 0 Å². The molecule has 5 nitrogen and oxygen atoms in total. The molecular formula is C19H21NO4. The molecule has 0 fully saturated rings. The second kappa shape index (κ2) is 6.53. The highest BCUT2D eigenvalue weighted by molar-refractivity contribution is 5.75. The van der Waals surface area contributed by atoms with E-state index in [2.05, 4.69) is 0 Å². The van der Waals surface area contributed by atoms with Crippen LogP contribution in [0.3, 0.4) is 0 Å². The lowest BCUT2D eigenvalue weighted by Crippen LogP contribution is -2.36. The summed E-state index contributed by atoms with van der Waals surface area (Å²) in [4.78, 5) is 10.8. The van der Waals surface area contributed by atoms with Crippen LogP contribution in [0, 0.1) is 0 Å². The zero-order valence-corrected chi connectivity index (χ0v) is 13.6. The van der Waals surface area contributed by atoms with Gasteiger partial charge in [-0.05, 0) is 30.2 Å². The van der Waals surface area contributed by atoms with Gasteiger partial charge in [0.1, 0.15) is 17.1 Å². The average molecular weight is 327 g/mol. The SMILES string of the molecule is CCC1(c2ccc(OCC(N)=O)cc2)Oc2ccccc2C1CO. The number of aliphatic hydroxyl groups excluding tert-OH is 1. The molecule has 0 saturated carbocycles. The lowest BCUT2D eigenvalue weighted by molar-refractivity contribution is -0.119. The van der Waals surface area contributed by atoms with Crippen LogP contribution in [-0.4, -0.2) is 24.2 Å². The highest BCUT2D eigenvalue weighted by atomic mass is 16.5. The van der Waals surface area contributed by atoms with Crippen LogP contribution in [0.5, 0.6) is 11.5 Å². The first-order valence-corrected chi connectivity index (χ1v) is 8.01. The van der Waals surface area contributed by atoms with E-state index in [1.807, 2.05) is 43.3 Å². The number of carbonyl (C=O) groups excluding carboxylic acids is 1. The van der Waals surface area contributed by atoms with Crippen LogP contribution >= 0.6 is 0 Å². The van der Waals surface area contributed by atoms with Gasteiger partial charge in [0.25, 0.3) is 5.91 Å². The molecule has 1 amide bonds. The Hall–Kier alpha value is -2.53. The van der Waals surface area contributed by atoms with Gasteiger partial charge in [-0.25, -0.2) is 0 Å². The first-order valence-electron chi connectivity index (χ1n) is 8.01. The van der Waals surface area contributed by atoms with E-state index in [-0.39, 0.29) is 19.1 Å². The molecule has 24 heavy (non-hydrogen) atoms. The summed E-state index contributed by atoms with van der Waals surface area (Å²) >= 11 is 0. The lowest BCUT2D eigenvalue weighted by Gasteiger charge is -2.33. The minimum absolute atomic E-state index is 0.00474. The van der Waals surface area contributed by atoms with Gasteiger partial charge in [0.2, 0.25) is 0 Å². The minimum atomic E-state index is -0.610. The molecule has 5 heteroatoms. The van der Waals surface area contributed by atoms with Crippen molar-refractivity contribution in [2.24, 2.45) is 5.73 Å². The van der Waals surface area contributed by atoms with Crippen molar-refractivity contribution in [3.05, 3.63) is 59.7 Å². The van der Waals surface area contributed by atoms with Crippen LogP contribution in [-0.2, 0) is 10.4 Å². The molecule has 1 heterocycles. The summed E-state index contributed by atoms with van der Waals surface area (Å²) in [6.07, 6.45) is 0.717. The topological polar surface area (TPSA) is 81.8 Å². The van der Waals surface area contributed by atoms with Crippen molar-refractivity contribution in [1.82, 2.24) is 0 Å². The maximum Gasteiger partial charge on any atom is 0.255 e. The Morgan fingerprint density at radius 3 is 2.58 bits per heavy atom. The number of fused-ring (bicyclic) bond motifs is 1. The van der Waals surface area contributed by atoms with Gasteiger partial charge in [0.05, 0.1) is 12.5 Å². The summed E-state index contributed by atoms with van der Waals surface area (Å²) in [6.45, 7) is 1.90. The van der Waals surface area contributed by atoms with Gasteiger partial charge >= 0.3 is 0 Å². The number of rotatable bonds is 6. The van der Waals surface area contributed by atoms with E-state index in [1.54, 1.807) is 12.1 Å². The summed E-state index contributed by atoms with van der Waals surface area (Å²) < 4.78 is 11.6. The Balaban J connectivity index is 1.92. The standard InChI is InChI=1S/C19H21NO4/c1-2-19(13-7-9-14(10-8-13)23-12-18(20)22)16(11-21)15-5-3-4-6-17(15)24-19/h3-10,16,21H,2,11-12H2,1H3,(H2,20,22). The molecule has 2 atom stereocenters. The average Bonchev–Trinajstić information content (AvgIpc) is 2.94. The molecule has 3 N–H and O–H groups in total. The lowest BCUT2D eigenvalue weighted by atomic mass is 9.78. The van der Waals surface area contributed by atoms with Crippen LogP contribution in [0.15, 0.2) is 48.5 Å². The number of hydrogen-bond donors (Lipinski definition) is 2. The fourth-order valence-electron chi connectivity index (χ4n) is 3.40. The monoisotopic (exact) mass is 327 g/mol. The number of hydrogen-bond acceptors (Lipinski definition) is 4. The number of amides is 1. The zero-order valence-electron chi connectivity index (χ0n) is 13.6. The van der Waals surface area contributed by atoms with Crippen molar-refractivity contribution >= 4 is 5.91 Å². The third kappa shape index (κ3) is 2.71. The highest BCUT2D eigenvalue weighted by Crippen LogP contribution is 2.51. The number of carbonyl (C=O) groups is 1. The molecule has 0 saturated heterocycles. The number of para-hydroxylation sites is 1. The molecule has 0 aliphatic carbocycles. The Kier molecular flexibility index (Phi) is 4.44. The third-order valence-electron chi connectivity index (χ3n) is 4.58. The van der Waals surface area contributed by atoms with Crippen molar-refractivity contribution < 1.29 is 19.4 Å². The van der Waals surface area contributed by atoms with Crippen molar-refractivity contribution in [3.8, 4) is 11.5 Å². The fourth-order valence-corrected chi connectivity index (χ4v) is 3.40. The first-order chi connectivity index (χ1) is 11.6. The molecule has 2 aromatic rings. The number of benzene rings is 2. The van der Waals surface area contributed by atoms with Crippen LogP contribution in [0.25, 0.3) is 0 Å². The molecule has 0 spiro atoms. The number of primary amides is 1. The Morgan fingerprint density at radius 2 is 1.96 bits per heavy atom. The molecule has 0 aromatic heterocycles. The molecule has 0 radical (unpaired) electrons. The van der Waals surface area contributed by atoms with Gasteiger partial charge in [0, 0.05) is 5.56 Å². The molecule has 1 aliphatic rings. The predicted molar refractivity (Wildman–Crippen MR) is 90.0 cm³/mol. The van der Waals surface area contributed by atoms with Gasteiger partial charge < -0.3 is 20.3 Å². The summed E-state index contributed by atoms with van der Waals surface area (Å²) in [6, 6.07) is 15.2. The van der Waals surface area contributed by atoms with Gasteiger partial charge in [0.15, 0.2) is 6.61 Å². The fraction of sp³-hybridized carbons (Fsp3) is 0.316. The minimum Gasteiger partial charge on any atom is -0.484 e. The summed E-state index contributed by atoms with van der Waals surface area (Å²) in [5.41, 5.74) is 6.46. The number of aliphatic hydroxyl groups is 1. The second-order valence-corrected chi connectivity index (χ2v) is 5.90. The van der Waals surface area contributed by atoms with Crippen molar-refractivity contribution in [1.29, 1.82) is 0 Å². The van der Waals surface area contributed by atoms with Crippen molar-refractivity contribution in [2.45, 2.75) is 24.9 Å². The Bertz CT molecular complexity index is 728. The van der Waals surface area contributed by atoms with Gasteiger partial charge in [-0.1, -0.05) is 37.3 Å². The van der Waals surface area contributed by atoms with E-state index in [0.717, 1.165) is 16.9 Å². The maximum absolute atomic E-state index is 10.8. The molecule has 2 aromatic carbocycles. The van der Waals surface area contributed by atoms with Crippen LogP contribution in [0.4, 0.5) is 0 Å². The van der Waals surface area contributed by atoms with E-state index in [0.29, 0.717) is 12.2 Å². The highest BCUT2D eigenvalue weighted by Gasteiger charge is 2.48. The second-order valence-electron chi connectivity index (χ2n) is 5.90. The zero-order chi connectivity index (χ0) is 17.2. The van der Waals surface area contributed by atoms with E-state index in [4.69, 9.17) is 15.2 Å². The number of ether oxygens (including phenoxy) is 2. The first kappa shape index (κ1) is 16.3. The van der Waals surface area contributed by atoms with Crippen LogP contribution < -0.4 is 15.2 Å². The van der Waals surface area contributed by atoms with Crippen molar-refractivity contribution in [2.75, 3.05) is 13.2 Å². The normalized spacial score (nSPS) is 21.8. The van der Waals surface area contributed by atoms with Gasteiger partial charge in [-0.2, -0.15) is 0 Å². The molecule has 1 aliphatic heterocycles. The smallest absolute Gasteiger partial charge is 0.255 e. The van der Waals surface area contributed by atoms with E-state index in [9.17, 15) is 9.90 Å². The quantitative estimate of drug-likeness (QED) is 0.853. The Labute approximate surface area is 141 Å². The van der Waals surface area contributed by atoms with Crippen LogP contribution in [0.2, 0.25) is 0 Å². The summed E-state index contributed by atoms with van der Waals surface area (Å²) in [5.74, 6) is 0.738. The third-order valence-corrected chi connectivity index (χ3v) is 4.58. The van der Waals surface area contributed by atoms with Gasteiger partial charge in [-0.3, -0.25) is 4.79 Å². The Morgan fingerprint density at radius 1 is 1.25 bits per heavy atom. The molecule has 2 unspecified atom stereocenters. The number of nitrogens with two attached hydrogens (primary N) is 1. The largest absolute Gasteiger partial charge is 0.484 e. The van der Waals surface area contributed by atoms with Crippen molar-refractivity contribution in [3.63, 3.8) is 0 Å². The summed E-state index contributed by atoms with van der Waals surface area (Å²) in [5, 5.41) is 9.98. The molecule has 3 rings (SSSR count). The molecule has 126 valence electrons. The predicted octanol–water partition coefficient (Wildman–Crippen LogP) is 2.32. The van der Waals surface area contributed by atoms with E-state index >= 15 is 0 Å². The maximum atomic E-state index is 10.8.